The highest BCUT2D eigenvalue weighted by molar-refractivity contribution is 4.85. The minimum Gasteiger partial charge on any atom is -0.383 e. The average Bonchev–Trinajstić information content (AvgIpc) is 2.85. The minimum atomic E-state index is 0.518. The summed E-state index contributed by atoms with van der Waals surface area (Å²) in [5.74, 6) is 0.609. The Morgan fingerprint density at radius 2 is 2.00 bits per heavy atom. The summed E-state index contributed by atoms with van der Waals surface area (Å²) in [6.45, 7) is 12.5. The largest absolute Gasteiger partial charge is 0.383 e. The maximum atomic E-state index is 5.65. The van der Waals surface area contributed by atoms with Crippen LogP contribution in [-0.4, -0.2) is 63.5 Å². The predicted octanol–water partition coefficient (Wildman–Crippen LogP) is 1.75. The normalized spacial score (nSPS) is 23.7. The highest BCUT2D eigenvalue weighted by atomic mass is 16.5. The Morgan fingerprint density at radius 3 is 2.58 bits per heavy atom. The van der Waals surface area contributed by atoms with E-state index in [1.165, 1.54) is 12.8 Å². The molecule has 0 spiro atoms. The Kier molecular flexibility index (Phi) is 8.62. The molecule has 2 atom stereocenters. The number of hydrogen-bond donors (Lipinski definition) is 1. The van der Waals surface area contributed by atoms with Crippen LogP contribution in [0.3, 0.4) is 0 Å². The van der Waals surface area contributed by atoms with Crippen molar-refractivity contribution in [3.8, 4) is 0 Å². The van der Waals surface area contributed by atoms with Crippen LogP contribution in [0.4, 0.5) is 0 Å². The average molecular weight is 272 g/mol. The van der Waals surface area contributed by atoms with Crippen LogP contribution in [0.25, 0.3) is 0 Å². The van der Waals surface area contributed by atoms with Crippen molar-refractivity contribution in [2.75, 3.05) is 46.6 Å². The lowest BCUT2D eigenvalue weighted by Gasteiger charge is -2.33. The monoisotopic (exact) mass is 272 g/mol. The van der Waals surface area contributed by atoms with Crippen molar-refractivity contribution in [2.24, 2.45) is 5.92 Å². The first-order chi connectivity index (χ1) is 9.26. The van der Waals surface area contributed by atoms with E-state index in [9.17, 15) is 0 Å². The van der Waals surface area contributed by atoms with Crippen molar-refractivity contribution in [1.82, 2.24) is 10.2 Å². The van der Waals surface area contributed by atoms with Crippen molar-refractivity contribution in [3.05, 3.63) is 0 Å². The second-order valence-electron chi connectivity index (χ2n) is 5.42. The zero-order valence-corrected chi connectivity index (χ0v) is 13.2. The molecule has 0 amide bonds. The van der Waals surface area contributed by atoms with Crippen LogP contribution >= 0.6 is 0 Å². The number of methoxy groups -OCH3 is 1. The molecular formula is C15H32N2O2. The van der Waals surface area contributed by atoms with Gasteiger partial charge in [-0.1, -0.05) is 20.8 Å². The summed E-state index contributed by atoms with van der Waals surface area (Å²) in [6, 6.07) is 1.18. The first-order valence-corrected chi connectivity index (χ1v) is 7.80. The van der Waals surface area contributed by atoms with E-state index in [-0.39, 0.29) is 0 Å². The van der Waals surface area contributed by atoms with Gasteiger partial charge in [0.1, 0.15) is 0 Å². The lowest BCUT2D eigenvalue weighted by atomic mass is 10.0. The van der Waals surface area contributed by atoms with E-state index < -0.39 is 0 Å². The lowest BCUT2D eigenvalue weighted by molar-refractivity contribution is 0.0941. The molecule has 4 heteroatoms. The van der Waals surface area contributed by atoms with Gasteiger partial charge in [0.2, 0.25) is 0 Å². The van der Waals surface area contributed by atoms with Gasteiger partial charge in [0.25, 0.3) is 0 Å². The zero-order chi connectivity index (χ0) is 14.1. The summed E-state index contributed by atoms with van der Waals surface area (Å²) in [4.78, 5) is 2.59. The second kappa shape index (κ2) is 9.70. The van der Waals surface area contributed by atoms with Gasteiger partial charge in [-0.2, -0.15) is 0 Å². The third-order valence-electron chi connectivity index (χ3n) is 4.18. The van der Waals surface area contributed by atoms with Gasteiger partial charge in [-0.3, -0.25) is 4.90 Å². The molecule has 0 aromatic rings. The Balaban J connectivity index is 2.54. The van der Waals surface area contributed by atoms with Gasteiger partial charge in [-0.05, 0) is 19.4 Å². The number of likely N-dealkylation sites (N-methyl/N-ethyl adjacent to an activating group) is 1. The molecule has 0 radical (unpaired) electrons. The van der Waals surface area contributed by atoms with E-state index in [4.69, 9.17) is 9.47 Å². The summed E-state index contributed by atoms with van der Waals surface area (Å²) in [5.41, 5.74) is 0. The molecule has 1 heterocycles. The molecule has 0 aromatic carbocycles. The van der Waals surface area contributed by atoms with Crippen molar-refractivity contribution >= 4 is 0 Å². The highest BCUT2D eigenvalue weighted by Crippen LogP contribution is 2.18. The molecule has 1 fully saturated rings. The predicted molar refractivity (Wildman–Crippen MR) is 79.6 cm³/mol. The maximum Gasteiger partial charge on any atom is 0.0623 e. The van der Waals surface area contributed by atoms with Crippen molar-refractivity contribution in [2.45, 2.75) is 45.7 Å². The van der Waals surface area contributed by atoms with Gasteiger partial charge in [0, 0.05) is 38.2 Å². The second-order valence-corrected chi connectivity index (χ2v) is 5.42. The Bertz CT molecular complexity index is 222. The molecule has 1 N–H and O–H groups in total. The third-order valence-corrected chi connectivity index (χ3v) is 4.18. The van der Waals surface area contributed by atoms with Crippen LogP contribution in [0, 0.1) is 5.92 Å². The Labute approximate surface area is 118 Å². The SMILES string of the molecule is CCNC1COCC1CN(CCOC)C(CC)CC. The fraction of sp³-hybridized carbons (Fsp3) is 1.00. The van der Waals surface area contributed by atoms with E-state index in [0.29, 0.717) is 18.0 Å². The summed E-state index contributed by atoms with van der Waals surface area (Å²) in [6.07, 6.45) is 2.42. The number of nitrogens with one attached hydrogen (secondary N) is 1. The van der Waals surface area contributed by atoms with Crippen LogP contribution in [0.2, 0.25) is 0 Å². The van der Waals surface area contributed by atoms with Crippen molar-refractivity contribution < 1.29 is 9.47 Å². The Hall–Kier alpha value is -0.160. The van der Waals surface area contributed by atoms with Crippen LogP contribution in [-0.2, 0) is 9.47 Å². The Morgan fingerprint density at radius 1 is 1.26 bits per heavy atom. The van der Waals surface area contributed by atoms with E-state index in [1.807, 2.05) is 0 Å². The smallest absolute Gasteiger partial charge is 0.0623 e. The van der Waals surface area contributed by atoms with E-state index in [1.54, 1.807) is 7.11 Å². The molecular weight excluding hydrogens is 240 g/mol. The number of hydrogen-bond acceptors (Lipinski definition) is 4. The molecule has 2 unspecified atom stereocenters. The molecule has 1 rings (SSSR count). The molecule has 19 heavy (non-hydrogen) atoms. The summed E-state index contributed by atoms with van der Waals surface area (Å²) >= 11 is 0. The van der Waals surface area contributed by atoms with Gasteiger partial charge < -0.3 is 14.8 Å². The molecule has 1 aliphatic rings. The number of rotatable bonds is 10. The molecule has 1 saturated heterocycles. The fourth-order valence-electron chi connectivity index (χ4n) is 3.00. The topological polar surface area (TPSA) is 33.7 Å². The fourth-order valence-corrected chi connectivity index (χ4v) is 3.00. The van der Waals surface area contributed by atoms with Gasteiger partial charge in [0.15, 0.2) is 0 Å². The molecule has 0 aromatic heterocycles. The zero-order valence-electron chi connectivity index (χ0n) is 13.2. The minimum absolute atomic E-state index is 0.518. The van der Waals surface area contributed by atoms with Gasteiger partial charge in [-0.15, -0.1) is 0 Å². The summed E-state index contributed by atoms with van der Waals surface area (Å²) in [5, 5.41) is 3.55. The molecule has 0 saturated carbocycles. The highest BCUT2D eigenvalue weighted by Gasteiger charge is 2.30. The van der Waals surface area contributed by atoms with Gasteiger partial charge >= 0.3 is 0 Å². The van der Waals surface area contributed by atoms with E-state index in [2.05, 4.69) is 31.0 Å². The molecule has 4 nitrogen and oxygen atoms in total. The summed E-state index contributed by atoms with van der Waals surface area (Å²) < 4.78 is 10.9. The standard InChI is InChI=1S/C15H32N2O2/c1-5-14(6-2)17(8-9-18-4)10-13-11-19-12-15(13)16-7-3/h13-16H,5-12H2,1-4H3. The third kappa shape index (κ3) is 5.38. The summed E-state index contributed by atoms with van der Waals surface area (Å²) in [7, 11) is 1.78. The first kappa shape index (κ1) is 16.9. The van der Waals surface area contributed by atoms with E-state index in [0.717, 1.165) is 39.5 Å². The quantitative estimate of drug-likeness (QED) is 0.657. The lowest BCUT2D eigenvalue weighted by Crippen LogP contribution is -2.46. The van der Waals surface area contributed by atoms with Gasteiger partial charge in [-0.25, -0.2) is 0 Å². The maximum absolute atomic E-state index is 5.65. The number of nitrogens with zero attached hydrogens (tertiary/aromatic N) is 1. The van der Waals surface area contributed by atoms with E-state index >= 15 is 0 Å². The van der Waals surface area contributed by atoms with Crippen molar-refractivity contribution in [1.29, 1.82) is 0 Å². The van der Waals surface area contributed by atoms with Crippen molar-refractivity contribution in [3.63, 3.8) is 0 Å². The van der Waals surface area contributed by atoms with Gasteiger partial charge in [0.05, 0.1) is 19.8 Å². The molecule has 114 valence electrons. The van der Waals surface area contributed by atoms with Crippen LogP contribution in [0.15, 0.2) is 0 Å². The van der Waals surface area contributed by atoms with Crippen LogP contribution < -0.4 is 5.32 Å². The first-order valence-electron chi connectivity index (χ1n) is 7.80. The molecule has 1 aliphatic heterocycles. The van der Waals surface area contributed by atoms with Crippen LogP contribution in [0.1, 0.15) is 33.6 Å². The molecule has 0 aliphatic carbocycles. The number of ether oxygens (including phenoxy) is 2. The van der Waals surface area contributed by atoms with Crippen LogP contribution in [0.5, 0.6) is 0 Å². The molecule has 0 bridgehead atoms.